The molecule has 1 unspecified atom stereocenters. The average Bonchev–Trinajstić information content (AvgIpc) is 3.35. The fourth-order valence-electron chi connectivity index (χ4n) is 7.45. The molecule has 0 radical (unpaired) electrons. The van der Waals surface area contributed by atoms with E-state index < -0.39 is 174 Å². The summed E-state index contributed by atoms with van der Waals surface area (Å²) in [5, 5.41) is 38.4. The highest BCUT2D eigenvalue weighted by molar-refractivity contribution is 7.85. The SMILES string of the molecule is C/C=C1\NC(=O)[C@H](CN)NC(=O)[C@H](CO)NC(=O)[C@@H](NC(=O)[C@H](CS(=O)(=O)O)NC(=O)CC(=O)CCCCCCC(C)CC)[C@@H](C)OC(=O)CN(C)C(=O)[C@H](CCCCN)NC(=O)[C@H](CO)NC(=O)[C@H](C(C)C)NC1=O. The van der Waals surface area contributed by atoms with Crippen molar-refractivity contribution in [1.82, 2.24) is 47.4 Å². The van der Waals surface area contributed by atoms with Gasteiger partial charge in [0.15, 0.2) is 0 Å². The van der Waals surface area contributed by atoms with E-state index >= 15 is 0 Å². The number of unbranched alkanes of at least 4 members (excludes halogenated alkanes) is 4. The van der Waals surface area contributed by atoms with Crippen LogP contribution in [0.4, 0.5) is 0 Å². The van der Waals surface area contributed by atoms with Crippen LogP contribution in [-0.2, 0) is 67.6 Å². The van der Waals surface area contributed by atoms with E-state index in [2.05, 4.69) is 56.4 Å². The second-order valence-electron chi connectivity index (χ2n) is 18.9. The molecule has 1 aliphatic rings. The first-order chi connectivity index (χ1) is 35.7. The molecule has 9 amide bonds. The first-order valence-corrected chi connectivity index (χ1v) is 26.9. The summed E-state index contributed by atoms with van der Waals surface area (Å²) in [5.74, 6) is -13.8. The zero-order chi connectivity index (χ0) is 57.9. The molecule has 28 nitrogen and oxygen atoms in total. The highest BCUT2D eigenvalue weighted by atomic mass is 32.2. The Morgan fingerprint density at radius 1 is 0.803 bits per heavy atom. The number of cyclic esters (lactones) is 1. The molecule has 0 aliphatic carbocycles. The van der Waals surface area contributed by atoms with Crippen LogP contribution in [0.25, 0.3) is 0 Å². The Labute approximate surface area is 443 Å². The molecule has 0 bridgehead atoms. The number of aliphatic hydroxyl groups excluding tert-OH is 2. The highest BCUT2D eigenvalue weighted by Crippen LogP contribution is 2.15. The maximum Gasteiger partial charge on any atom is 0.325 e. The number of allylic oxidation sites excluding steroid dienone is 1. The molecular formula is C47H81N11O17S. The molecule has 76 heavy (non-hydrogen) atoms. The predicted molar refractivity (Wildman–Crippen MR) is 273 cm³/mol. The molecule has 0 aromatic heterocycles. The maximum atomic E-state index is 14.1. The third-order valence-corrected chi connectivity index (χ3v) is 12.9. The van der Waals surface area contributed by atoms with E-state index in [0.717, 1.165) is 50.6 Å². The van der Waals surface area contributed by atoms with Gasteiger partial charge in [0.05, 0.1) is 19.6 Å². The Morgan fingerprint density at radius 2 is 1.38 bits per heavy atom. The Hall–Kier alpha value is -6.14. The molecule has 1 fully saturated rings. The molecule has 432 valence electrons. The number of nitrogens with zero attached hydrogens (tertiary/aromatic N) is 1. The Morgan fingerprint density at radius 3 is 1.92 bits per heavy atom. The Balaban J connectivity index is 3.76. The van der Waals surface area contributed by atoms with Crippen LogP contribution in [0.5, 0.6) is 0 Å². The summed E-state index contributed by atoms with van der Waals surface area (Å²) in [4.78, 5) is 149. The number of rotatable bonds is 23. The Bertz CT molecular complexity index is 2160. The molecule has 0 spiro atoms. The fourth-order valence-corrected chi connectivity index (χ4v) is 8.11. The number of nitrogens with one attached hydrogen (secondary N) is 8. The number of esters is 1. The first kappa shape index (κ1) is 67.9. The zero-order valence-electron chi connectivity index (χ0n) is 44.4. The minimum absolute atomic E-state index is 0.00562. The largest absolute Gasteiger partial charge is 0.459 e. The van der Waals surface area contributed by atoms with Gasteiger partial charge in [0.25, 0.3) is 16.0 Å². The first-order valence-electron chi connectivity index (χ1n) is 25.3. The van der Waals surface area contributed by atoms with E-state index in [9.17, 15) is 75.9 Å². The van der Waals surface area contributed by atoms with Crippen LogP contribution in [-0.4, -0.2) is 187 Å². The van der Waals surface area contributed by atoms with Crippen LogP contribution < -0.4 is 54.0 Å². The van der Waals surface area contributed by atoms with Crippen LogP contribution in [0.3, 0.4) is 0 Å². The van der Waals surface area contributed by atoms with E-state index in [1.807, 2.05) is 0 Å². The monoisotopic (exact) mass is 1100 g/mol. The average molecular weight is 1100 g/mol. The van der Waals surface area contributed by atoms with Gasteiger partial charge in [0, 0.05) is 20.0 Å². The van der Waals surface area contributed by atoms with Gasteiger partial charge in [0.2, 0.25) is 47.3 Å². The number of carbonyl (C=O) groups is 11. The van der Waals surface area contributed by atoms with Gasteiger partial charge in [-0.1, -0.05) is 65.9 Å². The minimum atomic E-state index is -5.10. The molecule has 0 saturated carbocycles. The van der Waals surface area contributed by atoms with Crippen molar-refractivity contribution in [2.75, 3.05) is 45.6 Å². The number of likely N-dealkylation sites (N-methyl/N-ethyl adjacent to an activating group) is 1. The quantitative estimate of drug-likeness (QED) is 0.0152. The smallest absolute Gasteiger partial charge is 0.325 e. The number of ketones is 1. The van der Waals surface area contributed by atoms with Crippen molar-refractivity contribution in [2.45, 2.75) is 161 Å². The molecule has 1 heterocycles. The van der Waals surface area contributed by atoms with Crippen molar-refractivity contribution in [3.05, 3.63) is 11.8 Å². The van der Waals surface area contributed by atoms with Gasteiger partial charge >= 0.3 is 5.97 Å². The summed E-state index contributed by atoms with van der Waals surface area (Å²) in [7, 11) is -3.96. The van der Waals surface area contributed by atoms with Crippen LogP contribution >= 0.6 is 0 Å². The number of hydrogen-bond donors (Lipinski definition) is 13. The van der Waals surface area contributed by atoms with Crippen molar-refractivity contribution in [3.63, 3.8) is 0 Å². The fraction of sp³-hybridized carbons (Fsp3) is 0.723. The summed E-state index contributed by atoms with van der Waals surface area (Å²) in [6.07, 6.45) is 4.11. The maximum absolute atomic E-state index is 14.1. The van der Waals surface area contributed by atoms with Gasteiger partial charge in [-0.15, -0.1) is 0 Å². The molecule has 1 rings (SSSR count). The predicted octanol–water partition coefficient (Wildman–Crippen LogP) is -4.23. The molecule has 1 saturated heterocycles. The van der Waals surface area contributed by atoms with Gasteiger partial charge in [-0.2, -0.15) is 8.42 Å². The summed E-state index contributed by atoms with van der Waals surface area (Å²) < 4.78 is 39.4. The van der Waals surface area contributed by atoms with E-state index in [-0.39, 0.29) is 25.8 Å². The second-order valence-corrected chi connectivity index (χ2v) is 20.4. The number of nitrogens with two attached hydrogens (primary N) is 2. The van der Waals surface area contributed by atoms with Crippen molar-refractivity contribution in [1.29, 1.82) is 0 Å². The number of Topliss-reactive ketones (excluding diaryl/α,β-unsaturated/α-hetero) is 1. The van der Waals surface area contributed by atoms with Crippen LogP contribution in [0.2, 0.25) is 0 Å². The lowest BCUT2D eigenvalue weighted by atomic mass is 9.99. The zero-order valence-corrected chi connectivity index (χ0v) is 45.3. The van der Waals surface area contributed by atoms with E-state index in [1.54, 1.807) is 0 Å². The standard InChI is InChI=1S/C47H81N11O17S/c1-8-27(5)16-12-10-11-13-17-29(61)20-36(62)50-35(25-76(72,73)74)44(68)57-39-28(6)75-37(63)22-58(7)47(71)31(18-14-15-19-48)52-42(66)33(23-59)54-45(69)38(26(3)4)56-40(64)30(9-2)51-41(65)32(21-49)53-43(67)34(24-60)55-46(39)70/h9,26-28,31-35,38-39,59-60H,8,10-25,48-49H2,1-7H3,(H,50,62)(H,51,65)(H,52,66)(H,53,67)(H,54,69)(H,55,70)(H,56,64)(H,57,68)(H,72,73,74)/b30-9-/t27?,28-,31+,32+,33+,34+,35+,38+,39+/m1/s1. The molecule has 9 atom stereocenters. The van der Waals surface area contributed by atoms with Crippen LogP contribution in [0, 0.1) is 11.8 Å². The van der Waals surface area contributed by atoms with Crippen LogP contribution in [0.15, 0.2) is 11.8 Å². The summed E-state index contributed by atoms with van der Waals surface area (Å²) in [6.45, 7) is 6.12. The van der Waals surface area contributed by atoms with Gasteiger partial charge in [-0.05, 0) is 57.9 Å². The third-order valence-electron chi connectivity index (χ3n) is 12.2. The summed E-state index contributed by atoms with van der Waals surface area (Å²) in [5.41, 5.74) is 11.0. The van der Waals surface area contributed by atoms with E-state index in [0.29, 0.717) is 25.2 Å². The van der Waals surface area contributed by atoms with Gasteiger partial charge in [0.1, 0.15) is 72.2 Å². The molecular weight excluding hydrogens is 1020 g/mol. The van der Waals surface area contributed by atoms with Crippen molar-refractivity contribution in [2.24, 2.45) is 23.3 Å². The normalized spacial score (nSPS) is 23.8. The lowest BCUT2D eigenvalue weighted by Crippen LogP contribution is -2.63. The van der Waals surface area contributed by atoms with Gasteiger partial charge in [-0.3, -0.25) is 57.3 Å². The number of carbonyl (C=O) groups excluding carboxylic acids is 11. The van der Waals surface area contributed by atoms with E-state index in [1.165, 1.54) is 20.8 Å². The van der Waals surface area contributed by atoms with E-state index in [4.69, 9.17) is 16.2 Å². The summed E-state index contributed by atoms with van der Waals surface area (Å²) >= 11 is 0. The number of aliphatic hydroxyl groups is 2. The lowest BCUT2D eigenvalue weighted by molar-refractivity contribution is -0.156. The molecule has 29 heteroatoms. The molecule has 1 aliphatic heterocycles. The van der Waals surface area contributed by atoms with Crippen molar-refractivity contribution in [3.8, 4) is 0 Å². The molecule has 0 aromatic carbocycles. The second kappa shape index (κ2) is 34.5. The number of amides is 9. The topological polar surface area (TPSA) is 443 Å². The third kappa shape index (κ3) is 24.7. The molecule has 0 aromatic rings. The Kier molecular flexibility index (Phi) is 30.8. The highest BCUT2D eigenvalue weighted by Gasteiger charge is 2.38. The molecule has 15 N–H and O–H groups in total. The number of ether oxygens (including phenoxy) is 1. The van der Waals surface area contributed by atoms with Gasteiger partial charge in [-0.25, -0.2) is 0 Å². The summed E-state index contributed by atoms with van der Waals surface area (Å²) in [6, 6.07) is -12.6. The van der Waals surface area contributed by atoms with Gasteiger partial charge < -0.3 is 73.9 Å². The minimum Gasteiger partial charge on any atom is -0.459 e. The van der Waals surface area contributed by atoms with Crippen molar-refractivity contribution >= 4 is 75.0 Å². The van der Waals surface area contributed by atoms with Crippen molar-refractivity contribution < 1.29 is 80.7 Å². The van der Waals surface area contributed by atoms with Crippen LogP contribution in [0.1, 0.15) is 112 Å². The lowest BCUT2D eigenvalue weighted by Gasteiger charge is -2.29. The number of hydrogen-bond acceptors (Lipinski definition) is 18.